The minimum atomic E-state index is -0.0254. The first kappa shape index (κ1) is 18.5. The molecule has 25 heavy (non-hydrogen) atoms. The Bertz CT molecular complexity index is 702. The minimum absolute atomic E-state index is 0.0254. The number of nitrogens with one attached hydrogen (secondary N) is 1. The van der Waals surface area contributed by atoms with Crippen molar-refractivity contribution in [2.45, 2.75) is 20.4 Å². The number of nitrogens with zero attached hydrogens (tertiary/aromatic N) is 4. The lowest BCUT2D eigenvalue weighted by Gasteiger charge is -2.16. The maximum Gasteiger partial charge on any atom is 0.339 e. The Hall–Kier alpha value is -2.84. The molecule has 1 aromatic carbocycles. The summed E-state index contributed by atoms with van der Waals surface area (Å²) in [5.41, 5.74) is 0.680. The summed E-state index contributed by atoms with van der Waals surface area (Å²) >= 11 is 0. The fraction of sp³-hybridized carbons (Fsp3) is 0.500. The van der Waals surface area contributed by atoms with Crippen molar-refractivity contribution < 1.29 is 23.8 Å². The summed E-state index contributed by atoms with van der Waals surface area (Å²) < 4.78 is 16.0. The van der Waals surface area contributed by atoms with E-state index in [0.717, 1.165) is 0 Å². The van der Waals surface area contributed by atoms with E-state index >= 15 is 0 Å². The van der Waals surface area contributed by atoms with E-state index in [9.17, 15) is 4.79 Å². The number of carbonyl (C=O) groups is 1. The second kappa shape index (κ2) is 8.32. The molecule has 0 aliphatic heterocycles. The first-order valence-corrected chi connectivity index (χ1v) is 7.98. The van der Waals surface area contributed by atoms with Gasteiger partial charge in [-0.05, 0) is 36.3 Å². The Morgan fingerprint density at radius 3 is 2.20 bits per heavy atom. The van der Waals surface area contributed by atoms with Crippen LogP contribution in [0.4, 0.5) is 0 Å². The highest BCUT2D eigenvalue weighted by Gasteiger charge is 2.22. The quantitative estimate of drug-likeness (QED) is 0.703. The molecule has 0 aliphatic rings. The van der Waals surface area contributed by atoms with Crippen LogP contribution in [0.2, 0.25) is 0 Å². The summed E-state index contributed by atoms with van der Waals surface area (Å²) in [7, 11) is 4.63. The second-order valence-electron chi connectivity index (χ2n) is 5.17. The van der Waals surface area contributed by atoms with E-state index in [1.54, 1.807) is 38.4 Å². The Kier molecular flexibility index (Phi) is 6.15. The van der Waals surface area contributed by atoms with Crippen LogP contribution in [0.1, 0.15) is 13.8 Å². The zero-order valence-electron chi connectivity index (χ0n) is 15.2. The number of amides is 1. The van der Waals surface area contributed by atoms with Gasteiger partial charge in [-0.25, -0.2) is 0 Å². The molecule has 0 atom stereocenters. The minimum Gasteiger partial charge on any atom is -0.493 e. The molecule has 0 spiro atoms. The van der Waals surface area contributed by atoms with Gasteiger partial charge in [0.25, 0.3) is 5.91 Å². The Balaban J connectivity index is 2.29. The molecule has 0 fully saturated rings. The van der Waals surface area contributed by atoms with Crippen LogP contribution < -0.4 is 19.0 Å². The van der Waals surface area contributed by atoms with E-state index in [-0.39, 0.29) is 12.5 Å². The highest BCUT2D eigenvalue weighted by atomic mass is 16.5. The summed E-state index contributed by atoms with van der Waals surface area (Å²) in [6, 6.07) is 3.50. The number of tetrazole rings is 1. The zero-order valence-corrected chi connectivity index (χ0v) is 15.2. The van der Waals surface area contributed by atoms with Crippen molar-refractivity contribution in [3.05, 3.63) is 12.1 Å². The second-order valence-corrected chi connectivity index (χ2v) is 5.17. The molecule has 2 rings (SSSR count). The van der Waals surface area contributed by atoms with E-state index in [4.69, 9.17) is 14.2 Å². The van der Waals surface area contributed by atoms with Gasteiger partial charge in [0.15, 0.2) is 11.5 Å². The van der Waals surface area contributed by atoms with Gasteiger partial charge in [-0.15, -0.1) is 0 Å². The molecular weight excluding hydrogens is 326 g/mol. The van der Waals surface area contributed by atoms with Crippen molar-refractivity contribution in [3.63, 3.8) is 0 Å². The maximum atomic E-state index is 12.2. The third kappa shape index (κ3) is 3.98. The van der Waals surface area contributed by atoms with Crippen LogP contribution in [-0.4, -0.2) is 60.6 Å². The predicted octanol–water partition coefficient (Wildman–Crippen LogP) is 0.653. The van der Waals surface area contributed by atoms with Crippen molar-refractivity contribution in [2.75, 3.05) is 34.4 Å². The van der Waals surface area contributed by atoms with Crippen LogP contribution in [0.15, 0.2) is 12.1 Å². The Morgan fingerprint density at radius 2 is 1.72 bits per heavy atom. The number of methoxy groups -OCH3 is 3. The van der Waals surface area contributed by atoms with E-state index in [1.807, 2.05) is 13.8 Å². The van der Waals surface area contributed by atoms with Gasteiger partial charge in [0.05, 0.1) is 32.0 Å². The van der Waals surface area contributed by atoms with E-state index in [0.29, 0.717) is 41.7 Å². The lowest BCUT2D eigenvalue weighted by atomic mass is 10.1. The lowest BCUT2D eigenvalue weighted by Crippen LogP contribution is -2.48. The molecule has 136 valence electrons. The van der Waals surface area contributed by atoms with Crippen LogP contribution in [0.3, 0.4) is 0 Å². The van der Waals surface area contributed by atoms with Crippen LogP contribution in [0.5, 0.6) is 17.2 Å². The molecule has 1 heterocycles. The van der Waals surface area contributed by atoms with Gasteiger partial charge in [0.1, 0.15) is 0 Å². The van der Waals surface area contributed by atoms with Crippen molar-refractivity contribution in [1.29, 1.82) is 0 Å². The van der Waals surface area contributed by atoms with Crippen molar-refractivity contribution in [3.8, 4) is 28.6 Å². The first-order chi connectivity index (χ1) is 12.1. The molecule has 1 N–H and O–H groups in total. The number of benzene rings is 1. The maximum absolute atomic E-state index is 12.2. The molecule has 1 amide bonds. The standard InChI is InChI=1S/C16H23N5O4/c1-6-20(7-2)14(22)10-21-18-16(17-19-21)11-8-12(23-3)15(25-5)13(9-11)24-4/h8-9H,6-7,10H2,1-5H3/p+1. The molecule has 0 saturated carbocycles. The van der Waals surface area contributed by atoms with Crippen LogP contribution in [0.25, 0.3) is 11.4 Å². The average molecular weight is 350 g/mol. The van der Waals surface area contributed by atoms with Gasteiger partial charge in [0, 0.05) is 13.1 Å². The summed E-state index contributed by atoms with van der Waals surface area (Å²) in [4.78, 5) is 15.3. The fourth-order valence-corrected chi connectivity index (χ4v) is 2.47. The lowest BCUT2D eigenvalue weighted by molar-refractivity contribution is -0.794. The monoisotopic (exact) mass is 350 g/mol. The molecule has 9 heteroatoms. The van der Waals surface area contributed by atoms with E-state index < -0.39 is 0 Å². The molecule has 9 nitrogen and oxygen atoms in total. The number of hydrogen-bond acceptors (Lipinski definition) is 6. The third-order valence-corrected chi connectivity index (χ3v) is 3.81. The molecule has 0 aliphatic carbocycles. The Morgan fingerprint density at radius 1 is 1.12 bits per heavy atom. The highest BCUT2D eigenvalue weighted by molar-refractivity contribution is 5.74. The van der Waals surface area contributed by atoms with E-state index in [2.05, 4.69) is 15.4 Å². The van der Waals surface area contributed by atoms with Gasteiger partial charge >= 0.3 is 5.82 Å². The normalized spacial score (nSPS) is 10.4. The number of ether oxygens (including phenoxy) is 3. The van der Waals surface area contributed by atoms with Crippen molar-refractivity contribution >= 4 is 5.91 Å². The SMILES string of the molecule is CCN(CC)C(=O)C[n+]1nc(-c2cc(OC)c(OC)c(OC)c2)n[nH]1. The topological polar surface area (TPSA) is 93.5 Å². The van der Waals surface area contributed by atoms with Crippen LogP contribution in [0, 0.1) is 0 Å². The number of likely N-dealkylation sites (N-methyl/N-ethyl adjacent to an activating group) is 1. The van der Waals surface area contributed by atoms with Gasteiger partial charge in [0.2, 0.25) is 12.3 Å². The largest absolute Gasteiger partial charge is 0.493 e. The zero-order chi connectivity index (χ0) is 18.4. The van der Waals surface area contributed by atoms with Gasteiger partial charge in [-0.3, -0.25) is 4.79 Å². The first-order valence-electron chi connectivity index (χ1n) is 7.98. The summed E-state index contributed by atoms with van der Waals surface area (Å²) in [6.07, 6.45) is 0. The average Bonchev–Trinajstić information content (AvgIpc) is 3.09. The number of carbonyl (C=O) groups excluding carboxylic acids is 1. The number of aromatic nitrogens is 4. The fourth-order valence-electron chi connectivity index (χ4n) is 2.47. The van der Waals surface area contributed by atoms with Gasteiger partial charge in [-0.1, -0.05) is 4.80 Å². The van der Waals surface area contributed by atoms with Crippen LogP contribution >= 0.6 is 0 Å². The number of aromatic amines is 1. The molecule has 2 aromatic rings. The number of hydrogen-bond donors (Lipinski definition) is 1. The van der Waals surface area contributed by atoms with E-state index in [1.165, 1.54) is 4.80 Å². The summed E-state index contributed by atoms with van der Waals surface area (Å²) in [5.74, 6) is 1.91. The Labute approximate surface area is 146 Å². The summed E-state index contributed by atoms with van der Waals surface area (Å²) in [6.45, 7) is 5.29. The number of H-pyrrole nitrogens is 1. The van der Waals surface area contributed by atoms with Crippen LogP contribution in [-0.2, 0) is 11.3 Å². The molecular formula is C16H24N5O4+. The number of rotatable bonds is 8. The third-order valence-electron chi connectivity index (χ3n) is 3.81. The smallest absolute Gasteiger partial charge is 0.339 e. The van der Waals surface area contributed by atoms with Gasteiger partial charge < -0.3 is 19.1 Å². The summed E-state index contributed by atoms with van der Waals surface area (Å²) in [5, 5.41) is 11.2. The van der Waals surface area contributed by atoms with Gasteiger partial charge in [-0.2, -0.15) is 0 Å². The molecule has 0 saturated heterocycles. The predicted molar refractivity (Wildman–Crippen MR) is 89.6 cm³/mol. The van der Waals surface area contributed by atoms with Crippen molar-refractivity contribution in [2.24, 2.45) is 0 Å². The molecule has 0 bridgehead atoms. The molecule has 0 radical (unpaired) electrons. The highest BCUT2D eigenvalue weighted by Crippen LogP contribution is 2.40. The van der Waals surface area contributed by atoms with Crippen molar-refractivity contribution in [1.82, 2.24) is 20.3 Å². The molecule has 0 unspecified atom stereocenters. The molecule has 1 aromatic heterocycles.